The van der Waals surface area contributed by atoms with E-state index < -0.39 is 0 Å². The fourth-order valence-electron chi connectivity index (χ4n) is 1.30. The van der Waals surface area contributed by atoms with E-state index in [1.54, 1.807) is 0 Å². The lowest BCUT2D eigenvalue weighted by Crippen LogP contribution is -2.27. The van der Waals surface area contributed by atoms with Crippen molar-refractivity contribution in [2.24, 2.45) is 0 Å². The average Bonchev–Trinajstić information content (AvgIpc) is 2.31. The third-order valence-electron chi connectivity index (χ3n) is 1.89. The Morgan fingerprint density at radius 1 is 1.60 bits per heavy atom. The zero-order valence-electron chi connectivity index (χ0n) is 6.80. The first-order valence-electron chi connectivity index (χ1n) is 3.88. The third kappa shape index (κ3) is 2.03. The van der Waals surface area contributed by atoms with Crippen molar-refractivity contribution >= 4 is 0 Å². The first-order valence-corrected chi connectivity index (χ1v) is 3.88. The molecule has 10 heavy (non-hydrogen) atoms. The second kappa shape index (κ2) is 3.62. The number of nitrogens with one attached hydrogen (secondary N) is 1. The van der Waals surface area contributed by atoms with Crippen LogP contribution in [-0.4, -0.2) is 31.1 Å². The molecule has 0 aliphatic carbocycles. The zero-order chi connectivity index (χ0) is 7.40. The molecule has 0 aromatic rings. The van der Waals surface area contributed by atoms with E-state index in [-0.39, 0.29) is 0 Å². The Morgan fingerprint density at radius 2 is 2.40 bits per heavy atom. The predicted octanol–water partition coefficient (Wildman–Crippen LogP) is 0.814. The molecule has 2 heteroatoms. The Hall–Kier alpha value is -0.500. The molecular formula is C8H16N2. The Balaban J connectivity index is 2.18. The van der Waals surface area contributed by atoms with Crippen molar-refractivity contribution < 1.29 is 0 Å². The van der Waals surface area contributed by atoms with E-state index in [4.69, 9.17) is 0 Å². The topological polar surface area (TPSA) is 15.3 Å². The van der Waals surface area contributed by atoms with Gasteiger partial charge in [-0.25, -0.2) is 0 Å². The van der Waals surface area contributed by atoms with Gasteiger partial charge in [0.2, 0.25) is 0 Å². The molecule has 1 saturated heterocycles. The molecular weight excluding hydrogens is 124 g/mol. The molecule has 58 valence electrons. The highest BCUT2D eigenvalue weighted by Crippen LogP contribution is 2.05. The van der Waals surface area contributed by atoms with Crippen molar-refractivity contribution in [3.05, 3.63) is 12.3 Å². The normalized spacial score (nSPS) is 28.0. The predicted molar refractivity (Wildman–Crippen MR) is 43.9 cm³/mol. The SMILES string of the molecule is C/C=C/N[C@@H]1CCN(C)C1. The number of allylic oxidation sites excluding steroid dienone is 1. The highest BCUT2D eigenvalue weighted by atomic mass is 15.2. The lowest BCUT2D eigenvalue weighted by molar-refractivity contribution is 0.405. The van der Waals surface area contributed by atoms with Gasteiger partial charge in [-0.15, -0.1) is 0 Å². The van der Waals surface area contributed by atoms with E-state index in [0.717, 1.165) is 0 Å². The minimum absolute atomic E-state index is 0.682. The summed E-state index contributed by atoms with van der Waals surface area (Å²) < 4.78 is 0. The Morgan fingerprint density at radius 3 is 2.90 bits per heavy atom. The van der Waals surface area contributed by atoms with Gasteiger partial charge in [0.05, 0.1) is 0 Å². The van der Waals surface area contributed by atoms with Gasteiger partial charge in [-0.2, -0.15) is 0 Å². The van der Waals surface area contributed by atoms with Gasteiger partial charge in [0, 0.05) is 12.6 Å². The summed E-state index contributed by atoms with van der Waals surface area (Å²) in [6.45, 7) is 4.45. The highest BCUT2D eigenvalue weighted by Gasteiger charge is 2.16. The molecule has 0 saturated carbocycles. The van der Waals surface area contributed by atoms with E-state index in [1.165, 1.54) is 19.5 Å². The summed E-state index contributed by atoms with van der Waals surface area (Å²) in [7, 11) is 2.16. The minimum Gasteiger partial charge on any atom is -0.387 e. The summed E-state index contributed by atoms with van der Waals surface area (Å²) in [5, 5.41) is 3.34. The van der Waals surface area contributed by atoms with Crippen LogP contribution in [0.4, 0.5) is 0 Å². The van der Waals surface area contributed by atoms with E-state index >= 15 is 0 Å². The van der Waals surface area contributed by atoms with Gasteiger partial charge in [-0.1, -0.05) is 6.08 Å². The van der Waals surface area contributed by atoms with Crippen LogP contribution in [0.3, 0.4) is 0 Å². The Bertz CT molecular complexity index is 120. The summed E-state index contributed by atoms with van der Waals surface area (Å²) >= 11 is 0. The monoisotopic (exact) mass is 140 g/mol. The maximum absolute atomic E-state index is 3.34. The van der Waals surface area contributed by atoms with E-state index in [1.807, 2.05) is 19.2 Å². The number of rotatable bonds is 2. The number of nitrogens with zero attached hydrogens (tertiary/aromatic N) is 1. The molecule has 0 aromatic carbocycles. The molecule has 2 nitrogen and oxygen atoms in total. The number of hydrogen-bond acceptors (Lipinski definition) is 2. The van der Waals surface area contributed by atoms with E-state index in [2.05, 4.69) is 17.3 Å². The van der Waals surface area contributed by atoms with Crippen molar-refractivity contribution in [2.45, 2.75) is 19.4 Å². The van der Waals surface area contributed by atoms with E-state index in [0.29, 0.717) is 6.04 Å². The largest absolute Gasteiger partial charge is 0.387 e. The molecule has 1 heterocycles. The van der Waals surface area contributed by atoms with Crippen molar-refractivity contribution in [3.63, 3.8) is 0 Å². The van der Waals surface area contributed by atoms with Crippen molar-refractivity contribution in [2.75, 3.05) is 20.1 Å². The molecule has 1 rings (SSSR count). The zero-order valence-corrected chi connectivity index (χ0v) is 6.80. The molecule has 0 aromatic heterocycles. The number of likely N-dealkylation sites (N-methyl/N-ethyl adjacent to an activating group) is 1. The standard InChI is InChI=1S/C8H16N2/c1-3-5-9-8-4-6-10(2)7-8/h3,5,8-9H,4,6-7H2,1-2H3/b5-3+/t8-/m1/s1. The Labute approximate surface area is 62.9 Å². The lowest BCUT2D eigenvalue weighted by atomic mass is 10.3. The van der Waals surface area contributed by atoms with Crippen LogP contribution in [0.1, 0.15) is 13.3 Å². The van der Waals surface area contributed by atoms with Crippen LogP contribution in [0, 0.1) is 0 Å². The van der Waals surface area contributed by atoms with Crippen molar-refractivity contribution in [3.8, 4) is 0 Å². The van der Waals surface area contributed by atoms with Gasteiger partial charge < -0.3 is 10.2 Å². The quantitative estimate of drug-likeness (QED) is 0.610. The van der Waals surface area contributed by atoms with Crippen LogP contribution < -0.4 is 5.32 Å². The van der Waals surface area contributed by atoms with Crippen LogP contribution in [-0.2, 0) is 0 Å². The van der Waals surface area contributed by atoms with Crippen LogP contribution in [0.25, 0.3) is 0 Å². The molecule has 1 atom stereocenters. The number of hydrogen-bond donors (Lipinski definition) is 1. The summed E-state index contributed by atoms with van der Waals surface area (Å²) in [5.41, 5.74) is 0. The van der Waals surface area contributed by atoms with Gasteiger partial charge in [0.25, 0.3) is 0 Å². The van der Waals surface area contributed by atoms with Crippen LogP contribution in [0.15, 0.2) is 12.3 Å². The van der Waals surface area contributed by atoms with Gasteiger partial charge in [-0.3, -0.25) is 0 Å². The summed E-state index contributed by atoms with van der Waals surface area (Å²) in [5.74, 6) is 0. The first-order chi connectivity index (χ1) is 4.83. The summed E-state index contributed by atoms with van der Waals surface area (Å²) in [6, 6.07) is 0.682. The molecule has 1 aliphatic heterocycles. The second-order valence-corrected chi connectivity index (χ2v) is 2.91. The molecule has 0 bridgehead atoms. The maximum Gasteiger partial charge on any atom is 0.0394 e. The van der Waals surface area contributed by atoms with Gasteiger partial charge >= 0.3 is 0 Å². The molecule has 1 N–H and O–H groups in total. The fraction of sp³-hybridized carbons (Fsp3) is 0.750. The van der Waals surface area contributed by atoms with Crippen LogP contribution in [0.2, 0.25) is 0 Å². The first kappa shape index (κ1) is 7.61. The van der Waals surface area contributed by atoms with E-state index in [9.17, 15) is 0 Å². The van der Waals surface area contributed by atoms with Crippen molar-refractivity contribution in [1.29, 1.82) is 0 Å². The van der Waals surface area contributed by atoms with Gasteiger partial charge in [-0.05, 0) is 33.1 Å². The third-order valence-corrected chi connectivity index (χ3v) is 1.89. The molecule has 0 spiro atoms. The fourth-order valence-corrected chi connectivity index (χ4v) is 1.30. The molecule has 1 aliphatic rings. The molecule has 1 fully saturated rings. The molecule has 0 radical (unpaired) electrons. The summed E-state index contributed by atoms with van der Waals surface area (Å²) in [6.07, 6.45) is 5.35. The van der Waals surface area contributed by atoms with Crippen molar-refractivity contribution in [1.82, 2.24) is 10.2 Å². The Kier molecular flexibility index (Phi) is 2.75. The average molecular weight is 140 g/mol. The number of likely N-dealkylation sites (tertiary alicyclic amines) is 1. The minimum atomic E-state index is 0.682. The molecule has 0 amide bonds. The second-order valence-electron chi connectivity index (χ2n) is 2.91. The smallest absolute Gasteiger partial charge is 0.0394 e. The van der Waals surface area contributed by atoms with Gasteiger partial charge in [0.1, 0.15) is 0 Å². The summed E-state index contributed by atoms with van der Waals surface area (Å²) in [4.78, 5) is 2.35. The van der Waals surface area contributed by atoms with Crippen LogP contribution >= 0.6 is 0 Å². The molecule has 0 unspecified atom stereocenters. The van der Waals surface area contributed by atoms with Crippen LogP contribution in [0.5, 0.6) is 0 Å². The van der Waals surface area contributed by atoms with Gasteiger partial charge in [0.15, 0.2) is 0 Å². The maximum atomic E-state index is 3.34. The lowest BCUT2D eigenvalue weighted by Gasteiger charge is -2.09. The highest BCUT2D eigenvalue weighted by molar-refractivity contribution is 4.85.